The zero-order chi connectivity index (χ0) is 17.1. The van der Waals surface area contributed by atoms with Crippen LogP contribution in [0.15, 0.2) is 45.1 Å². The molecule has 2 heterocycles. The highest BCUT2D eigenvalue weighted by Gasteiger charge is 2.11. The van der Waals surface area contributed by atoms with Crippen LogP contribution in [0.1, 0.15) is 16.1 Å². The molecule has 0 bridgehead atoms. The van der Waals surface area contributed by atoms with E-state index in [0.29, 0.717) is 5.13 Å². The lowest BCUT2D eigenvalue weighted by Gasteiger charge is -2.04. The molecule has 2 aromatic heterocycles. The SMILES string of the molecule is Cc1csc(=O)n1CC(=O)Nc1ncc(Cc2ccc(Br)cc2)s1. The van der Waals surface area contributed by atoms with Crippen LogP contribution < -0.4 is 10.2 Å². The molecule has 24 heavy (non-hydrogen) atoms. The van der Waals surface area contributed by atoms with Crippen LogP contribution in [-0.2, 0) is 17.8 Å². The summed E-state index contributed by atoms with van der Waals surface area (Å²) in [6.07, 6.45) is 2.54. The molecule has 0 spiro atoms. The van der Waals surface area contributed by atoms with Gasteiger partial charge in [-0.3, -0.25) is 14.2 Å². The molecule has 0 aliphatic carbocycles. The first-order chi connectivity index (χ1) is 11.5. The van der Waals surface area contributed by atoms with Crippen LogP contribution >= 0.6 is 38.6 Å². The molecule has 1 N–H and O–H groups in total. The lowest BCUT2D eigenvalue weighted by atomic mass is 10.1. The number of aryl methyl sites for hydroxylation is 1. The smallest absolute Gasteiger partial charge is 0.300 e. The number of rotatable bonds is 5. The van der Waals surface area contributed by atoms with Crippen molar-refractivity contribution in [1.29, 1.82) is 0 Å². The minimum absolute atomic E-state index is 0.00971. The number of benzene rings is 1. The molecule has 0 aliphatic heterocycles. The Hall–Kier alpha value is -1.77. The van der Waals surface area contributed by atoms with E-state index in [2.05, 4.69) is 26.2 Å². The van der Waals surface area contributed by atoms with E-state index in [0.717, 1.165) is 32.8 Å². The van der Waals surface area contributed by atoms with Gasteiger partial charge in [-0.2, -0.15) is 0 Å². The molecule has 8 heteroatoms. The fourth-order valence-corrected chi connectivity index (χ4v) is 4.01. The summed E-state index contributed by atoms with van der Waals surface area (Å²) in [6.45, 7) is 1.82. The van der Waals surface area contributed by atoms with Crippen molar-refractivity contribution >= 4 is 49.6 Å². The number of anilines is 1. The second kappa shape index (κ2) is 7.42. The van der Waals surface area contributed by atoms with Crippen LogP contribution in [0.3, 0.4) is 0 Å². The van der Waals surface area contributed by atoms with Gasteiger partial charge >= 0.3 is 4.87 Å². The van der Waals surface area contributed by atoms with Crippen LogP contribution in [-0.4, -0.2) is 15.5 Å². The Balaban J connectivity index is 1.62. The van der Waals surface area contributed by atoms with Gasteiger partial charge in [0.15, 0.2) is 5.13 Å². The summed E-state index contributed by atoms with van der Waals surface area (Å²) in [4.78, 5) is 28.9. The summed E-state index contributed by atoms with van der Waals surface area (Å²) in [5, 5.41) is 5.05. The molecular weight excluding hydrogens is 410 g/mol. The first kappa shape index (κ1) is 17.1. The lowest BCUT2D eigenvalue weighted by Crippen LogP contribution is -2.25. The highest BCUT2D eigenvalue weighted by atomic mass is 79.9. The van der Waals surface area contributed by atoms with E-state index in [1.165, 1.54) is 21.5 Å². The van der Waals surface area contributed by atoms with Crippen molar-refractivity contribution in [2.45, 2.75) is 19.9 Å². The Labute approximate surface area is 155 Å². The van der Waals surface area contributed by atoms with Gasteiger partial charge in [-0.1, -0.05) is 39.4 Å². The zero-order valence-corrected chi connectivity index (χ0v) is 16.0. The second-order valence-corrected chi connectivity index (χ2v) is 8.06. The number of nitrogens with zero attached hydrogens (tertiary/aromatic N) is 2. The molecule has 0 atom stereocenters. The van der Waals surface area contributed by atoms with Gasteiger partial charge in [-0.05, 0) is 24.6 Å². The predicted molar refractivity (Wildman–Crippen MR) is 101 cm³/mol. The minimum atomic E-state index is -0.247. The van der Waals surface area contributed by atoms with Crippen molar-refractivity contribution in [2.75, 3.05) is 5.32 Å². The Bertz CT molecular complexity index is 912. The summed E-state index contributed by atoms with van der Waals surface area (Å²) in [7, 11) is 0. The van der Waals surface area contributed by atoms with Gasteiger partial charge in [0, 0.05) is 33.0 Å². The van der Waals surface area contributed by atoms with E-state index < -0.39 is 0 Å². The highest BCUT2D eigenvalue weighted by molar-refractivity contribution is 9.10. The molecule has 1 amide bonds. The summed E-state index contributed by atoms with van der Waals surface area (Å²) in [6, 6.07) is 8.10. The molecule has 0 radical (unpaired) electrons. The third-order valence-electron chi connectivity index (χ3n) is 3.37. The maximum absolute atomic E-state index is 12.1. The maximum Gasteiger partial charge on any atom is 0.307 e. The molecule has 3 aromatic rings. The monoisotopic (exact) mass is 423 g/mol. The van der Waals surface area contributed by atoms with E-state index in [4.69, 9.17) is 0 Å². The van der Waals surface area contributed by atoms with E-state index in [1.807, 2.05) is 31.2 Å². The number of carbonyl (C=O) groups excluding carboxylic acids is 1. The average Bonchev–Trinajstić information content (AvgIpc) is 3.11. The molecule has 3 rings (SSSR count). The van der Waals surface area contributed by atoms with E-state index in [-0.39, 0.29) is 17.3 Å². The molecule has 1 aromatic carbocycles. The molecule has 0 aliphatic rings. The van der Waals surface area contributed by atoms with Crippen molar-refractivity contribution in [3.63, 3.8) is 0 Å². The van der Waals surface area contributed by atoms with Crippen LogP contribution in [0.25, 0.3) is 0 Å². The number of halogens is 1. The Kier molecular flexibility index (Phi) is 5.27. The summed E-state index contributed by atoms with van der Waals surface area (Å²) >= 11 is 5.95. The van der Waals surface area contributed by atoms with Gasteiger partial charge in [0.2, 0.25) is 5.91 Å². The predicted octanol–water partition coefficient (Wildman–Crippen LogP) is 3.67. The van der Waals surface area contributed by atoms with E-state index in [9.17, 15) is 9.59 Å². The molecule has 0 saturated carbocycles. The summed E-state index contributed by atoms with van der Waals surface area (Å²) in [5.74, 6) is -0.247. The normalized spacial score (nSPS) is 10.8. The first-order valence-corrected chi connectivity index (χ1v) is 9.64. The first-order valence-electron chi connectivity index (χ1n) is 7.15. The van der Waals surface area contributed by atoms with Crippen molar-refractivity contribution in [1.82, 2.24) is 9.55 Å². The second-order valence-electron chi connectivity index (χ2n) is 5.21. The topological polar surface area (TPSA) is 64.0 Å². The summed E-state index contributed by atoms with van der Waals surface area (Å²) in [5.41, 5.74) is 1.97. The molecule has 5 nitrogen and oxygen atoms in total. The third-order valence-corrected chi connectivity index (χ3v) is 5.69. The fraction of sp³-hybridized carbons (Fsp3) is 0.188. The number of amides is 1. The van der Waals surface area contributed by atoms with Crippen LogP contribution in [0.4, 0.5) is 5.13 Å². The lowest BCUT2D eigenvalue weighted by molar-refractivity contribution is -0.116. The Morgan fingerprint density at radius 2 is 2.08 bits per heavy atom. The molecule has 0 fully saturated rings. The standard InChI is InChI=1S/C16H14BrN3O2S2/c1-10-9-23-16(22)20(10)8-14(21)19-15-18-7-13(24-15)6-11-2-4-12(17)5-3-11/h2-5,7,9H,6,8H2,1H3,(H,18,19,21). The van der Waals surface area contributed by atoms with Gasteiger partial charge in [0.25, 0.3) is 0 Å². The molecule has 0 unspecified atom stereocenters. The quantitative estimate of drug-likeness (QED) is 0.680. The van der Waals surface area contributed by atoms with Gasteiger partial charge < -0.3 is 5.32 Å². The number of hydrogen-bond donors (Lipinski definition) is 1. The third kappa shape index (κ3) is 4.19. The van der Waals surface area contributed by atoms with Crippen LogP contribution in [0.5, 0.6) is 0 Å². The van der Waals surface area contributed by atoms with Gasteiger partial charge in [-0.25, -0.2) is 4.98 Å². The molecular formula is C16H14BrN3O2S2. The number of thiazole rings is 2. The Morgan fingerprint density at radius 3 is 2.75 bits per heavy atom. The van der Waals surface area contributed by atoms with E-state index in [1.54, 1.807) is 11.6 Å². The number of aromatic nitrogens is 2. The van der Waals surface area contributed by atoms with Crippen molar-refractivity contribution in [2.24, 2.45) is 0 Å². The highest BCUT2D eigenvalue weighted by Crippen LogP contribution is 2.22. The van der Waals surface area contributed by atoms with Gasteiger partial charge in [0.1, 0.15) is 6.54 Å². The van der Waals surface area contributed by atoms with Crippen molar-refractivity contribution < 1.29 is 4.79 Å². The number of carbonyl (C=O) groups is 1. The van der Waals surface area contributed by atoms with Crippen LogP contribution in [0.2, 0.25) is 0 Å². The largest absolute Gasteiger partial charge is 0.307 e. The summed E-state index contributed by atoms with van der Waals surface area (Å²) < 4.78 is 2.50. The number of hydrogen-bond acceptors (Lipinski definition) is 5. The van der Waals surface area contributed by atoms with Crippen LogP contribution in [0, 0.1) is 6.92 Å². The van der Waals surface area contributed by atoms with E-state index >= 15 is 0 Å². The molecule has 124 valence electrons. The average molecular weight is 424 g/mol. The zero-order valence-electron chi connectivity index (χ0n) is 12.8. The van der Waals surface area contributed by atoms with Gasteiger partial charge in [-0.15, -0.1) is 11.3 Å². The van der Waals surface area contributed by atoms with Crippen molar-refractivity contribution in [3.05, 3.63) is 66.1 Å². The fourth-order valence-electron chi connectivity index (χ4n) is 2.15. The maximum atomic E-state index is 12.1. The Morgan fingerprint density at radius 1 is 1.33 bits per heavy atom. The molecule has 0 saturated heterocycles. The number of nitrogens with one attached hydrogen (secondary N) is 1. The minimum Gasteiger partial charge on any atom is -0.300 e. The van der Waals surface area contributed by atoms with Crippen molar-refractivity contribution in [3.8, 4) is 0 Å². The van der Waals surface area contributed by atoms with Gasteiger partial charge in [0.05, 0.1) is 0 Å².